The zero-order valence-electron chi connectivity index (χ0n) is 7.81. The lowest BCUT2D eigenvalue weighted by molar-refractivity contribution is 0.475. The van der Waals surface area contributed by atoms with Crippen LogP contribution in [0, 0.1) is 0 Å². The molecule has 0 spiro atoms. The lowest BCUT2D eigenvalue weighted by Gasteiger charge is -1.99. The minimum Gasteiger partial charge on any atom is -0.508 e. The number of phenolic OH excluding ortho intramolecular Hbond substituents is 1. The quantitative estimate of drug-likeness (QED) is 0.842. The molecule has 0 aliphatic heterocycles. The van der Waals surface area contributed by atoms with Crippen molar-refractivity contribution in [1.82, 2.24) is 0 Å². The molecule has 2 rings (SSSR count). The van der Waals surface area contributed by atoms with Gasteiger partial charge in [-0.05, 0) is 46.3 Å². The molecule has 0 fully saturated rings. The predicted molar refractivity (Wildman–Crippen MR) is 69.7 cm³/mol. The standard InChI is InChI=1S/C11H9BrOS2/c12-8-5-11(14-6-8)7-15-10-3-1-9(13)2-4-10/h1-6,13H,7H2. The molecule has 2 aromatic rings. The highest BCUT2D eigenvalue weighted by Crippen LogP contribution is 2.28. The van der Waals surface area contributed by atoms with Crippen LogP contribution in [0.15, 0.2) is 45.1 Å². The Labute approximate surface area is 105 Å². The van der Waals surface area contributed by atoms with Crippen molar-refractivity contribution in [2.45, 2.75) is 10.6 Å². The first-order valence-corrected chi connectivity index (χ1v) is 7.04. The Balaban J connectivity index is 1.96. The highest BCUT2D eigenvalue weighted by Gasteiger charge is 1.99. The van der Waals surface area contributed by atoms with Crippen molar-refractivity contribution in [3.05, 3.63) is 45.1 Å². The molecule has 15 heavy (non-hydrogen) atoms. The van der Waals surface area contributed by atoms with Crippen molar-refractivity contribution in [2.75, 3.05) is 0 Å². The van der Waals surface area contributed by atoms with Gasteiger partial charge in [0.2, 0.25) is 0 Å². The molecular weight excluding hydrogens is 292 g/mol. The maximum absolute atomic E-state index is 9.13. The van der Waals surface area contributed by atoms with Crippen molar-refractivity contribution in [2.24, 2.45) is 0 Å². The van der Waals surface area contributed by atoms with E-state index in [4.69, 9.17) is 5.11 Å². The van der Waals surface area contributed by atoms with Crippen LogP contribution < -0.4 is 0 Å². The molecule has 4 heteroatoms. The number of hydrogen-bond donors (Lipinski definition) is 1. The molecule has 1 aromatic heterocycles. The smallest absolute Gasteiger partial charge is 0.115 e. The van der Waals surface area contributed by atoms with Gasteiger partial charge < -0.3 is 5.11 Å². The van der Waals surface area contributed by atoms with Crippen LogP contribution in [-0.4, -0.2) is 5.11 Å². The highest BCUT2D eigenvalue weighted by molar-refractivity contribution is 9.10. The zero-order valence-corrected chi connectivity index (χ0v) is 11.0. The number of halogens is 1. The van der Waals surface area contributed by atoms with E-state index in [2.05, 4.69) is 27.4 Å². The fourth-order valence-electron chi connectivity index (χ4n) is 1.13. The Morgan fingerprint density at radius 1 is 1.27 bits per heavy atom. The van der Waals surface area contributed by atoms with E-state index in [9.17, 15) is 0 Å². The molecule has 0 atom stereocenters. The second kappa shape index (κ2) is 5.05. The van der Waals surface area contributed by atoms with Gasteiger partial charge in [0, 0.05) is 25.4 Å². The van der Waals surface area contributed by atoms with Crippen LogP contribution in [0.2, 0.25) is 0 Å². The maximum atomic E-state index is 9.13. The van der Waals surface area contributed by atoms with Gasteiger partial charge in [0.25, 0.3) is 0 Å². The van der Waals surface area contributed by atoms with E-state index in [-0.39, 0.29) is 0 Å². The van der Waals surface area contributed by atoms with Crippen LogP contribution in [0.5, 0.6) is 5.75 Å². The number of aromatic hydroxyl groups is 1. The third kappa shape index (κ3) is 3.26. The summed E-state index contributed by atoms with van der Waals surface area (Å²) in [4.78, 5) is 2.53. The molecule has 1 heterocycles. The molecule has 0 saturated carbocycles. The first kappa shape index (κ1) is 11.0. The maximum Gasteiger partial charge on any atom is 0.115 e. The van der Waals surface area contributed by atoms with Crippen LogP contribution in [0.3, 0.4) is 0 Å². The summed E-state index contributed by atoms with van der Waals surface area (Å²) in [6.45, 7) is 0. The van der Waals surface area contributed by atoms with Gasteiger partial charge in [-0.15, -0.1) is 23.1 Å². The van der Waals surface area contributed by atoms with Crippen LogP contribution in [0.1, 0.15) is 4.88 Å². The van der Waals surface area contributed by atoms with Gasteiger partial charge in [0.15, 0.2) is 0 Å². The lowest BCUT2D eigenvalue weighted by Crippen LogP contribution is -1.74. The molecule has 0 amide bonds. The molecule has 1 nitrogen and oxygen atoms in total. The fourth-order valence-corrected chi connectivity index (χ4v) is 3.53. The van der Waals surface area contributed by atoms with Crippen molar-refractivity contribution < 1.29 is 5.11 Å². The molecule has 0 unspecified atom stereocenters. The summed E-state index contributed by atoms with van der Waals surface area (Å²) in [5.74, 6) is 1.29. The average Bonchev–Trinajstić information content (AvgIpc) is 2.64. The Morgan fingerprint density at radius 2 is 2.00 bits per heavy atom. The zero-order chi connectivity index (χ0) is 10.7. The van der Waals surface area contributed by atoms with Crippen molar-refractivity contribution in [3.8, 4) is 5.75 Å². The minimum atomic E-state index is 0.318. The number of rotatable bonds is 3. The van der Waals surface area contributed by atoms with Crippen molar-refractivity contribution in [1.29, 1.82) is 0 Å². The van der Waals surface area contributed by atoms with Crippen LogP contribution in [0.4, 0.5) is 0 Å². The number of benzene rings is 1. The third-order valence-electron chi connectivity index (χ3n) is 1.84. The number of phenols is 1. The van der Waals surface area contributed by atoms with Gasteiger partial charge in [-0.1, -0.05) is 0 Å². The fraction of sp³-hybridized carbons (Fsp3) is 0.0909. The Morgan fingerprint density at radius 3 is 2.60 bits per heavy atom. The number of hydrogen-bond acceptors (Lipinski definition) is 3. The minimum absolute atomic E-state index is 0.318. The molecule has 0 radical (unpaired) electrons. The van der Waals surface area contributed by atoms with Crippen molar-refractivity contribution in [3.63, 3.8) is 0 Å². The second-order valence-corrected chi connectivity index (χ2v) is 5.97. The van der Waals surface area contributed by atoms with Gasteiger partial charge in [-0.2, -0.15) is 0 Å². The van der Waals surface area contributed by atoms with Gasteiger partial charge >= 0.3 is 0 Å². The molecular formula is C11H9BrOS2. The van der Waals surface area contributed by atoms with E-state index < -0.39 is 0 Å². The summed E-state index contributed by atoms with van der Waals surface area (Å²) in [6, 6.07) is 9.43. The number of thioether (sulfide) groups is 1. The van der Waals surface area contributed by atoms with E-state index in [0.717, 1.165) is 10.2 Å². The van der Waals surface area contributed by atoms with Gasteiger partial charge in [0.1, 0.15) is 5.75 Å². The van der Waals surface area contributed by atoms with E-state index >= 15 is 0 Å². The summed E-state index contributed by atoms with van der Waals surface area (Å²) in [5.41, 5.74) is 0. The molecule has 0 bridgehead atoms. The second-order valence-electron chi connectivity index (χ2n) is 3.01. The Hall–Kier alpha value is -0.450. The predicted octanol–water partition coefficient (Wildman–Crippen LogP) is 4.51. The molecule has 0 saturated heterocycles. The first-order valence-electron chi connectivity index (χ1n) is 4.39. The van der Waals surface area contributed by atoms with E-state index in [0.29, 0.717) is 5.75 Å². The molecule has 1 N–H and O–H groups in total. The van der Waals surface area contributed by atoms with Gasteiger partial charge in [-0.25, -0.2) is 0 Å². The highest BCUT2D eigenvalue weighted by atomic mass is 79.9. The summed E-state index contributed by atoms with van der Waals surface area (Å²) in [6.07, 6.45) is 0. The first-order chi connectivity index (χ1) is 7.24. The van der Waals surface area contributed by atoms with Crippen LogP contribution >= 0.6 is 39.0 Å². The SMILES string of the molecule is Oc1ccc(SCc2cc(Br)cs2)cc1. The Bertz CT molecular complexity index is 436. The van der Waals surface area contributed by atoms with Crippen molar-refractivity contribution >= 4 is 39.0 Å². The summed E-state index contributed by atoms with van der Waals surface area (Å²) < 4.78 is 1.15. The topological polar surface area (TPSA) is 20.2 Å². The van der Waals surface area contributed by atoms with Crippen LogP contribution in [0.25, 0.3) is 0 Å². The van der Waals surface area contributed by atoms with E-state index in [1.165, 1.54) is 9.77 Å². The third-order valence-corrected chi connectivity index (χ3v) is 4.78. The average molecular weight is 301 g/mol. The summed E-state index contributed by atoms with van der Waals surface area (Å²) in [5, 5.41) is 11.2. The normalized spacial score (nSPS) is 10.5. The van der Waals surface area contributed by atoms with Gasteiger partial charge in [-0.3, -0.25) is 0 Å². The largest absolute Gasteiger partial charge is 0.508 e. The summed E-state index contributed by atoms with van der Waals surface area (Å²) in [7, 11) is 0. The Kier molecular flexibility index (Phi) is 3.72. The van der Waals surface area contributed by atoms with E-state index in [1.807, 2.05) is 12.1 Å². The molecule has 1 aromatic carbocycles. The van der Waals surface area contributed by atoms with Crippen LogP contribution in [-0.2, 0) is 5.75 Å². The lowest BCUT2D eigenvalue weighted by atomic mass is 10.3. The monoisotopic (exact) mass is 300 g/mol. The molecule has 0 aliphatic rings. The number of thiophene rings is 1. The molecule has 78 valence electrons. The van der Waals surface area contributed by atoms with Gasteiger partial charge in [0.05, 0.1) is 0 Å². The molecule has 0 aliphatic carbocycles. The van der Waals surface area contributed by atoms with E-state index in [1.54, 1.807) is 35.2 Å². The summed E-state index contributed by atoms with van der Waals surface area (Å²) >= 11 is 6.96.